The van der Waals surface area contributed by atoms with Crippen LogP contribution in [-0.4, -0.2) is 32.6 Å². The molecule has 106 valence electrons. The molecule has 0 fully saturated rings. The number of nitrogens with zero attached hydrogens (tertiary/aromatic N) is 1. The first-order valence-corrected chi connectivity index (χ1v) is 7.19. The Kier molecular flexibility index (Phi) is 6.31. The van der Waals surface area contributed by atoms with E-state index in [4.69, 9.17) is 0 Å². The third kappa shape index (κ3) is 5.61. The maximum atomic E-state index is 11.9. The van der Waals surface area contributed by atoms with Gasteiger partial charge in [0.25, 0.3) is 0 Å². The molecule has 2 N–H and O–H groups in total. The average molecular weight is 328 g/mol. The fraction of sp³-hybridized carbons (Fsp3) is 0.500. The van der Waals surface area contributed by atoms with E-state index >= 15 is 0 Å². The lowest BCUT2D eigenvalue weighted by Gasteiger charge is -2.18. The van der Waals surface area contributed by atoms with E-state index in [-0.39, 0.29) is 5.91 Å². The highest BCUT2D eigenvalue weighted by Crippen LogP contribution is 2.28. The fourth-order valence-electron chi connectivity index (χ4n) is 1.69. The molecule has 1 aromatic rings. The lowest BCUT2D eigenvalue weighted by molar-refractivity contribution is -0.116. The first-order chi connectivity index (χ1) is 8.90. The molecule has 0 unspecified atom stereocenters. The Morgan fingerprint density at radius 1 is 1.37 bits per heavy atom. The lowest BCUT2D eigenvalue weighted by Crippen LogP contribution is -2.27. The summed E-state index contributed by atoms with van der Waals surface area (Å²) in [6, 6.07) is 6.26. The summed E-state index contributed by atoms with van der Waals surface area (Å²) < 4.78 is 0.953. The highest BCUT2D eigenvalue weighted by atomic mass is 79.9. The Morgan fingerprint density at radius 3 is 2.63 bits per heavy atom. The normalized spacial score (nSPS) is 10.6. The van der Waals surface area contributed by atoms with Crippen molar-refractivity contribution in [3.8, 4) is 0 Å². The lowest BCUT2D eigenvalue weighted by atomic mass is 10.2. The van der Waals surface area contributed by atoms with E-state index in [0.717, 1.165) is 15.8 Å². The number of hydrogen-bond donors (Lipinski definition) is 2. The summed E-state index contributed by atoms with van der Waals surface area (Å²) in [6.07, 6.45) is 0.470. The largest absolute Gasteiger partial charge is 0.376 e. The van der Waals surface area contributed by atoms with Crippen LogP contribution in [0.15, 0.2) is 22.7 Å². The number of rotatable bonds is 6. The van der Waals surface area contributed by atoms with Gasteiger partial charge in [0.1, 0.15) is 0 Å². The Morgan fingerprint density at radius 2 is 2.05 bits per heavy atom. The van der Waals surface area contributed by atoms with Crippen molar-refractivity contribution in [3.63, 3.8) is 0 Å². The van der Waals surface area contributed by atoms with Gasteiger partial charge in [-0.25, -0.2) is 0 Å². The minimum atomic E-state index is 0.0225. The van der Waals surface area contributed by atoms with Gasteiger partial charge in [0, 0.05) is 37.6 Å². The molecule has 0 bridgehead atoms. The molecule has 4 nitrogen and oxygen atoms in total. The number of anilines is 2. The minimum absolute atomic E-state index is 0.0225. The van der Waals surface area contributed by atoms with E-state index in [2.05, 4.69) is 40.4 Å². The maximum absolute atomic E-state index is 11.9. The first-order valence-electron chi connectivity index (χ1n) is 6.40. The van der Waals surface area contributed by atoms with Gasteiger partial charge in [0.2, 0.25) is 5.91 Å². The Balaban J connectivity index is 2.65. The van der Waals surface area contributed by atoms with Crippen LogP contribution in [0, 0.1) is 0 Å². The van der Waals surface area contributed by atoms with Gasteiger partial charge < -0.3 is 15.5 Å². The van der Waals surface area contributed by atoms with E-state index in [9.17, 15) is 4.79 Å². The second kappa shape index (κ2) is 7.50. The molecular formula is C14H22BrN3O. The highest BCUT2D eigenvalue weighted by Gasteiger charge is 2.09. The Bertz CT molecular complexity index is 433. The van der Waals surface area contributed by atoms with E-state index in [1.807, 2.05) is 37.2 Å². The topological polar surface area (TPSA) is 44.4 Å². The molecule has 0 aliphatic heterocycles. The Hall–Kier alpha value is -1.07. The van der Waals surface area contributed by atoms with Gasteiger partial charge in [-0.2, -0.15) is 0 Å². The van der Waals surface area contributed by atoms with Crippen LogP contribution in [0.25, 0.3) is 0 Å². The molecule has 0 aliphatic carbocycles. The van der Waals surface area contributed by atoms with Gasteiger partial charge in [0.05, 0.1) is 11.4 Å². The number of carbonyl (C=O) groups is 1. The molecule has 1 rings (SSSR count). The molecule has 0 aromatic heterocycles. The summed E-state index contributed by atoms with van der Waals surface area (Å²) in [4.78, 5) is 13.9. The predicted octanol–water partition coefficient (Wildman–Crippen LogP) is 2.84. The zero-order chi connectivity index (χ0) is 14.4. The van der Waals surface area contributed by atoms with Crippen molar-refractivity contribution in [2.24, 2.45) is 0 Å². The molecule has 0 aliphatic rings. The van der Waals surface area contributed by atoms with Crippen molar-refractivity contribution in [2.75, 3.05) is 30.9 Å². The minimum Gasteiger partial charge on any atom is -0.376 e. The standard InChI is InChI=1S/C14H22BrN3O/c1-10(2)16-8-7-14(19)17-12-9-11(15)5-6-13(12)18(3)4/h5-6,9-10,16H,7-8H2,1-4H3,(H,17,19). The van der Waals surface area contributed by atoms with Crippen LogP contribution in [-0.2, 0) is 4.79 Å². The van der Waals surface area contributed by atoms with Crippen molar-refractivity contribution in [2.45, 2.75) is 26.3 Å². The first kappa shape index (κ1) is 16.0. The smallest absolute Gasteiger partial charge is 0.225 e. The van der Waals surface area contributed by atoms with Gasteiger partial charge in [0.15, 0.2) is 0 Å². The fourth-order valence-corrected chi connectivity index (χ4v) is 2.05. The number of nitrogens with one attached hydrogen (secondary N) is 2. The number of amides is 1. The van der Waals surface area contributed by atoms with E-state index in [0.29, 0.717) is 19.0 Å². The molecule has 0 spiro atoms. The van der Waals surface area contributed by atoms with Gasteiger partial charge in [-0.3, -0.25) is 4.79 Å². The second-order valence-corrected chi connectivity index (χ2v) is 5.88. The third-order valence-electron chi connectivity index (χ3n) is 2.62. The third-order valence-corrected chi connectivity index (χ3v) is 3.11. The molecule has 5 heteroatoms. The van der Waals surface area contributed by atoms with Crippen molar-refractivity contribution >= 4 is 33.2 Å². The zero-order valence-corrected chi connectivity index (χ0v) is 13.5. The van der Waals surface area contributed by atoms with Crippen LogP contribution < -0.4 is 15.5 Å². The van der Waals surface area contributed by atoms with Crippen LogP contribution in [0.3, 0.4) is 0 Å². The van der Waals surface area contributed by atoms with Crippen molar-refractivity contribution in [1.82, 2.24) is 5.32 Å². The monoisotopic (exact) mass is 327 g/mol. The number of benzene rings is 1. The molecule has 1 aromatic carbocycles. The van der Waals surface area contributed by atoms with Crippen LogP contribution in [0.5, 0.6) is 0 Å². The summed E-state index contributed by atoms with van der Waals surface area (Å²) in [6.45, 7) is 4.82. The van der Waals surface area contributed by atoms with Crippen molar-refractivity contribution < 1.29 is 4.79 Å². The number of carbonyl (C=O) groups excluding carboxylic acids is 1. The van der Waals surface area contributed by atoms with Gasteiger partial charge >= 0.3 is 0 Å². The van der Waals surface area contributed by atoms with E-state index in [1.165, 1.54) is 0 Å². The summed E-state index contributed by atoms with van der Waals surface area (Å²) in [5.74, 6) is 0.0225. The summed E-state index contributed by atoms with van der Waals surface area (Å²) >= 11 is 3.42. The summed E-state index contributed by atoms with van der Waals surface area (Å²) in [5.41, 5.74) is 1.82. The summed E-state index contributed by atoms with van der Waals surface area (Å²) in [5, 5.41) is 6.19. The van der Waals surface area contributed by atoms with Crippen molar-refractivity contribution in [3.05, 3.63) is 22.7 Å². The van der Waals surface area contributed by atoms with Crippen LogP contribution in [0.2, 0.25) is 0 Å². The maximum Gasteiger partial charge on any atom is 0.225 e. The predicted molar refractivity (Wildman–Crippen MR) is 84.9 cm³/mol. The molecule has 0 saturated carbocycles. The van der Waals surface area contributed by atoms with Crippen LogP contribution in [0.1, 0.15) is 20.3 Å². The molecule has 19 heavy (non-hydrogen) atoms. The molecule has 0 radical (unpaired) electrons. The van der Waals surface area contributed by atoms with Crippen molar-refractivity contribution in [1.29, 1.82) is 0 Å². The van der Waals surface area contributed by atoms with Crippen LogP contribution >= 0.6 is 15.9 Å². The van der Waals surface area contributed by atoms with Gasteiger partial charge in [-0.1, -0.05) is 29.8 Å². The number of halogens is 1. The van der Waals surface area contributed by atoms with E-state index < -0.39 is 0 Å². The van der Waals surface area contributed by atoms with Gasteiger partial charge in [-0.15, -0.1) is 0 Å². The Labute approximate surface area is 123 Å². The molecule has 0 heterocycles. The molecule has 1 amide bonds. The zero-order valence-electron chi connectivity index (χ0n) is 12.0. The second-order valence-electron chi connectivity index (χ2n) is 4.96. The molecule has 0 saturated heterocycles. The van der Waals surface area contributed by atoms with Gasteiger partial charge in [-0.05, 0) is 18.2 Å². The number of hydrogen-bond acceptors (Lipinski definition) is 3. The quantitative estimate of drug-likeness (QED) is 0.844. The van der Waals surface area contributed by atoms with E-state index in [1.54, 1.807) is 0 Å². The average Bonchev–Trinajstić information content (AvgIpc) is 2.27. The molecule has 0 atom stereocenters. The van der Waals surface area contributed by atoms with Crippen LogP contribution in [0.4, 0.5) is 11.4 Å². The summed E-state index contributed by atoms with van der Waals surface area (Å²) in [7, 11) is 3.92. The highest BCUT2D eigenvalue weighted by molar-refractivity contribution is 9.10. The molecular weight excluding hydrogens is 306 g/mol. The SMILES string of the molecule is CC(C)NCCC(=O)Nc1cc(Br)ccc1N(C)C.